The molecule has 0 bridgehead atoms. The monoisotopic (exact) mass is 409 g/mol. The number of carbonyl (C=O) groups is 2. The molecule has 2 amide bonds. The van der Waals surface area contributed by atoms with Crippen LogP contribution >= 0.6 is 0 Å². The lowest BCUT2D eigenvalue weighted by atomic mass is 9.87. The third-order valence-corrected chi connectivity index (χ3v) is 5.33. The van der Waals surface area contributed by atoms with Gasteiger partial charge in [0.05, 0.1) is 11.4 Å². The highest BCUT2D eigenvalue weighted by Gasteiger charge is 2.21. The van der Waals surface area contributed by atoms with E-state index in [1.165, 1.54) is 5.56 Å². The zero-order valence-corrected chi connectivity index (χ0v) is 18.3. The molecule has 1 aliphatic heterocycles. The van der Waals surface area contributed by atoms with Crippen LogP contribution < -0.4 is 15.0 Å². The maximum absolute atomic E-state index is 12.5. The molecule has 2 aromatic rings. The lowest BCUT2D eigenvalue weighted by Gasteiger charge is -2.36. The molecule has 1 heterocycles. The molecule has 30 heavy (non-hydrogen) atoms. The van der Waals surface area contributed by atoms with Crippen LogP contribution in [0.1, 0.15) is 33.3 Å². The summed E-state index contributed by atoms with van der Waals surface area (Å²) in [6.07, 6.45) is 0. The molecule has 0 unspecified atom stereocenters. The second-order valence-electron chi connectivity index (χ2n) is 8.62. The summed E-state index contributed by atoms with van der Waals surface area (Å²) in [6, 6.07) is 15.6. The summed E-state index contributed by atoms with van der Waals surface area (Å²) < 4.78 is 5.66. The summed E-state index contributed by atoms with van der Waals surface area (Å²) in [5.74, 6) is 0.570. The number of benzene rings is 2. The molecule has 1 fully saturated rings. The van der Waals surface area contributed by atoms with Gasteiger partial charge >= 0.3 is 0 Å². The largest absolute Gasteiger partial charge is 0.484 e. The normalized spacial score (nSPS) is 14.4. The van der Waals surface area contributed by atoms with E-state index in [0.29, 0.717) is 18.8 Å². The SMILES string of the molecule is CC(=O)N1CCN(c2ccccc2NC(=O)COc2ccc(C(C)(C)C)cc2)CC1. The van der Waals surface area contributed by atoms with Crippen LogP contribution in [-0.2, 0) is 15.0 Å². The highest BCUT2D eigenvalue weighted by atomic mass is 16.5. The molecule has 6 nitrogen and oxygen atoms in total. The molecule has 0 aliphatic carbocycles. The van der Waals surface area contributed by atoms with Gasteiger partial charge in [0.2, 0.25) is 5.91 Å². The molecule has 0 spiro atoms. The van der Waals surface area contributed by atoms with E-state index in [9.17, 15) is 9.59 Å². The number of hydrogen-bond donors (Lipinski definition) is 1. The van der Waals surface area contributed by atoms with Gasteiger partial charge in [-0.3, -0.25) is 9.59 Å². The topological polar surface area (TPSA) is 61.9 Å². The van der Waals surface area contributed by atoms with Gasteiger partial charge in [-0.15, -0.1) is 0 Å². The number of piperazine rings is 1. The summed E-state index contributed by atoms with van der Waals surface area (Å²) in [6.45, 7) is 10.9. The Balaban J connectivity index is 1.58. The first kappa shape index (κ1) is 21.7. The molecule has 1 saturated heterocycles. The van der Waals surface area contributed by atoms with Crippen LogP contribution in [0, 0.1) is 0 Å². The molecule has 6 heteroatoms. The quantitative estimate of drug-likeness (QED) is 0.819. The predicted octanol–water partition coefficient (Wildman–Crippen LogP) is 3.67. The maximum Gasteiger partial charge on any atom is 0.262 e. The highest BCUT2D eigenvalue weighted by Crippen LogP contribution is 2.27. The Morgan fingerprint density at radius 2 is 1.60 bits per heavy atom. The van der Waals surface area contributed by atoms with E-state index in [1.807, 2.05) is 53.4 Å². The van der Waals surface area contributed by atoms with Gasteiger partial charge in [-0.25, -0.2) is 0 Å². The molecule has 0 radical (unpaired) electrons. The van der Waals surface area contributed by atoms with Crippen molar-refractivity contribution in [1.29, 1.82) is 0 Å². The lowest BCUT2D eigenvalue weighted by Crippen LogP contribution is -2.48. The van der Waals surface area contributed by atoms with Crippen LogP contribution in [0.4, 0.5) is 11.4 Å². The van der Waals surface area contributed by atoms with Crippen molar-refractivity contribution in [2.45, 2.75) is 33.1 Å². The number of carbonyl (C=O) groups excluding carboxylic acids is 2. The predicted molar refractivity (Wildman–Crippen MR) is 120 cm³/mol. The number of nitrogens with one attached hydrogen (secondary N) is 1. The summed E-state index contributed by atoms with van der Waals surface area (Å²) in [7, 11) is 0. The number of hydrogen-bond acceptors (Lipinski definition) is 4. The number of rotatable bonds is 5. The van der Waals surface area contributed by atoms with Gasteiger partial charge in [0.15, 0.2) is 6.61 Å². The molecule has 0 atom stereocenters. The summed E-state index contributed by atoms with van der Waals surface area (Å²) >= 11 is 0. The number of para-hydroxylation sites is 2. The Labute approximate surface area is 178 Å². The van der Waals surface area contributed by atoms with Crippen LogP contribution in [-0.4, -0.2) is 49.5 Å². The minimum atomic E-state index is -0.204. The zero-order chi connectivity index (χ0) is 21.7. The van der Waals surface area contributed by atoms with Crippen LogP contribution in [0.15, 0.2) is 48.5 Å². The van der Waals surface area contributed by atoms with E-state index in [1.54, 1.807) is 6.92 Å². The smallest absolute Gasteiger partial charge is 0.262 e. The number of ether oxygens (including phenoxy) is 1. The Bertz CT molecular complexity index is 879. The van der Waals surface area contributed by atoms with Crippen molar-refractivity contribution >= 4 is 23.2 Å². The summed E-state index contributed by atoms with van der Waals surface area (Å²) in [5, 5.41) is 2.96. The second-order valence-corrected chi connectivity index (χ2v) is 8.62. The van der Waals surface area contributed by atoms with Crippen molar-refractivity contribution in [3.8, 4) is 5.75 Å². The summed E-state index contributed by atoms with van der Waals surface area (Å²) in [5.41, 5.74) is 3.02. The minimum absolute atomic E-state index is 0.0543. The Morgan fingerprint density at radius 1 is 0.967 bits per heavy atom. The molecule has 0 aromatic heterocycles. The third kappa shape index (κ3) is 5.53. The number of amides is 2. The molecule has 160 valence electrons. The maximum atomic E-state index is 12.5. The van der Waals surface area contributed by atoms with Gasteiger partial charge in [-0.05, 0) is 35.2 Å². The van der Waals surface area contributed by atoms with E-state index in [-0.39, 0.29) is 23.8 Å². The molecule has 1 N–H and O–H groups in total. The first-order chi connectivity index (χ1) is 14.2. The van der Waals surface area contributed by atoms with Gasteiger partial charge in [0.1, 0.15) is 5.75 Å². The fourth-order valence-corrected chi connectivity index (χ4v) is 3.50. The van der Waals surface area contributed by atoms with E-state index in [4.69, 9.17) is 4.74 Å². The van der Waals surface area contributed by atoms with Crippen molar-refractivity contribution in [3.63, 3.8) is 0 Å². The van der Waals surface area contributed by atoms with Crippen molar-refractivity contribution in [2.24, 2.45) is 0 Å². The number of nitrogens with zero attached hydrogens (tertiary/aromatic N) is 2. The first-order valence-electron chi connectivity index (χ1n) is 10.4. The Morgan fingerprint density at radius 3 is 2.20 bits per heavy atom. The van der Waals surface area contributed by atoms with E-state index < -0.39 is 0 Å². The van der Waals surface area contributed by atoms with Gasteiger partial charge in [-0.1, -0.05) is 45.0 Å². The van der Waals surface area contributed by atoms with Gasteiger partial charge in [-0.2, -0.15) is 0 Å². The molecular formula is C24H31N3O3. The molecule has 1 aliphatic rings. The Hall–Kier alpha value is -3.02. The first-order valence-corrected chi connectivity index (χ1v) is 10.4. The van der Waals surface area contributed by atoms with Crippen LogP contribution in [0.5, 0.6) is 5.75 Å². The number of anilines is 2. The van der Waals surface area contributed by atoms with Crippen LogP contribution in [0.2, 0.25) is 0 Å². The average Bonchev–Trinajstić information content (AvgIpc) is 2.72. The van der Waals surface area contributed by atoms with Gasteiger partial charge < -0.3 is 19.9 Å². The van der Waals surface area contributed by atoms with Gasteiger partial charge in [0.25, 0.3) is 5.91 Å². The summed E-state index contributed by atoms with van der Waals surface area (Å²) in [4.78, 5) is 28.1. The Kier molecular flexibility index (Phi) is 6.65. The second kappa shape index (κ2) is 9.20. The van der Waals surface area contributed by atoms with Crippen molar-refractivity contribution in [3.05, 3.63) is 54.1 Å². The van der Waals surface area contributed by atoms with Crippen molar-refractivity contribution < 1.29 is 14.3 Å². The van der Waals surface area contributed by atoms with E-state index >= 15 is 0 Å². The van der Waals surface area contributed by atoms with Gasteiger partial charge in [0, 0.05) is 33.1 Å². The molecular weight excluding hydrogens is 378 g/mol. The van der Waals surface area contributed by atoms with Crippen molar-refractivity contribution in [1.82, 2.24) is 4.90 Å². The highest BCUT2D eigenvalue weighted by molar-refractivity contribution is 5.95. The minimum Gasteiger partial charge on any atom is -0.484 e. The van der Waals surface area contributed by atoms with E-state index in [2.05, 4.69) is 31.0 Å². The lowest BCUT2D eigenvalue weighted by molar-refractivity contribution is -0.129. The van der Waals surface area contributed by atoms with Crippen molar-refractivity contribution in [2.75, 3.05) is 43.0 Å². The molecule has 2 aromatic carbocycles. The zero-order valence-electron chi connectivity index (χ0n) is 18.3. The van der Waals surface area contributed by atoms with Crippen LogP contribution in [0.25, 0.3) is 0 Å². The molecule has 3 rings (SSSR count). The fourth-order valence-electron chi connectivity index (χ4n) is 3.50. The fraction of sp³-hybridized carbons (Fsp3) is 0.417. The van der Waals surface area contributed by atoms with E-state index in [0.717, 1.165) is 24.5 Å². The third-order valence-electron chi connectivity index (χ3n) is 5.33. The average molecular weight is 410 g/mol. The van der Waals surface area contributed by atoms with Crippen LogP contribution in [0.3, 0.4) is 0 Å². The molecule has 0 saturated carbocycles. The standard InChI is InChI=1S/C24H31N3O3/c1-18(28)26-13-15-27(16-14-26)22-8-6-5-7-21(22)25-23(29)17-30-20-11-9-19(10-12-20)24(2,3)4/h5-12H,13-17H2,1-4H3,(H,25,29).